The summed E-state index contributed by atoms with van der Waals surface area (Å²) in [6.07, 6.45) is 2.17. The molecule has 4 nitrogen and oxygen atoms in total. The fourth-order valence-electron chi connectivity index (χ4n) is 3.76. The van der Waals surface area contributed by atoms with E-state index in [9.17, 15) is 4.79 Å². The number of rotatable bonds is 0. The lowest BCUT2D eigenvalue weighted by Crippen LogP contribution is -2.72. The van der Waals surface area contributed by atoms with Crippen LogP contribution in [0, 0.1) is 10.8 Å². The van der Waals surface area contributed by atoms with Crippen LogP contribution in [-0.4, -0.2) is 43.8 Å². The number of nitrogens with one attached hydrogen (secondary N) is 1. The van der Waals surface area contributed by atoms with E-state index in [2.05, 4.69) is 26.1 Å². The fraction of sp³-hybridized carbons (Fsp3) is 0.923. The third-order valence-electron chi connectivity index (χ3n) is 4.21. The fourth-order valence-corrected chi connectivity index (χ4v) is 3.76. The van der Waals surface area contributed by atoms with Crippen molar-refractivity contribution in [1.82, 2.24) is 10.2 Å². The lowest BCUT2D eigenvalue weighted by Gasteiger charge is -2.63. The molecule has 1 atom stereocenters. The molecule has 0 aromatic heterocycles. The van der Waals surface area contributed by atoms with Crippen molar-refractivity contribution < 1.29 is 9.53 Å². The molecule has 2 fully saturated rings. The normalized spacial score (nSPS) is 27.8. The van der Waals surface area contributed by atoms with Gasteiger partial charge in [-0.2, -0.15) is 0 Å². The van der Waals surface area contributed by atoms with Gasteiger partial charge in [-0.25, -0.2) is 4.79 Å². The van der Waals surface area contributed by atoms with Gasteiger partial charge in [0.05, 0.1) is 7.11 Å². The minimum Gasteiger partial charge on any atom is -0.453 e. The van der Waals surface area contributed by atoms with E-state index < -0.39 is 0 Å². The van der Waals surface area contributed by atoms with Gasteiger partial charge in [0.15, 0.2) is 0 Å². The van der Waals surface area contributed by atoms with E-state index in [-0.39, 0.29) is 11.5 Å². The molecule has 1 amide bonds. The average Bonchev–Trinajstić information content (AvgIpc) is 2.24. The molecule has 0 bridgehead atoms. The quantitative estimate of drug-likeness (QED) is 0.702. The van der Waals surface area contributed by atoms with Gasteiger partial charge in [-0.15, -0.1) is 0 Å². The van der Waals surface area contributed by atoms with Crippen LogP contribution in [0.2, 0.25) is 0 Å². The molecule has 0 aromatic carbocycles. The lowest BCUT2D eigenvalue weighted by molar-refractivity contribution is -0.124. The summed E-state index contributed by atoms with van der Waals surface area (Å²) in [7, 11) is 1.47. The summed E-state index contributed by atoms with van der Waals surface area (Å²) in [5.74, 6) is 0. The third-order valence-corrected chi connectivity index (χ3v) is 4.21. The van der Waals surface area contributed by atoms with Gasteiger partial charge in [0.25, 0.3) is 0 Å². The molecular weight excluding hydrogens is 216 g/mol. The van der Waals surface area contributed by atoms with Crippen molar-refractivity contribution in [2.45, 2.75) is 39.7 Å². The second-order valence-corrected chi connectivity index (χ2v) is 6.48. The van der Waals surface area contributed by atoms with Crippen LogP contribution in [0.3, 0.4) is 0 Å². The molecule has 2 saturated heterocycles. The highest BCUT2D eigenvalue weighted by Gasteiger charge is 2.58. The maximum absolute atomic E-state index is 11.8. The first-order chi connectivity index (χ1) is 7.91. The van der Waals surface area contributed by atoms with Crippen molar-refractivity contribution in [3.05, 3.63) is 0 Å². The van der Waals surface area contributed by atoms with Crippen molar-refractivity contribution in [2.24, 2.45) is 10.8 Å². The number of hydrogen-bond acceptors (Lipinski definition) is 3. The molecule has 2 aliphatic rings. The predicted octanol–water partition coefficient (Wildman–Crippen LogP) is 1.85. The Bertz CT molecular complexity index is 303. The summed E-state index contributed by atoms with van der Waals surface area (Å²) >= 11 is 0. The summed E-state index contributed by atoms with van der Waals surface area (Å²) in [5.41, 5.74) is 0.432. The third kappa shape index (κ3) is 2.03. The first-order valence-electron chi connectivity index (χ1n) is 6.46. The summed E-state index contributed by atoms with van der Waals surface area (Å²) in [5, 5.41) is 3.40. The SMILES string of the molecule is COC(=O)N1CC2(CCNCC2)C1C(C)(C)C. The van der Waals surface area contributed by atoms with Gasteiger partial charge in [-0.3, -0.25) is 0 Å². The maximum Gasteiger partial charge on any atom is 0.409 e. The lowest BCUT2D eigenvalue weighted by atomic mass is 9.58. The number of nitrogens with zero attached hydrogens (tertiary/aromatic N) is 1. The standard InChI is InChI=1S/C13H24N2O2/c1-12(2,3)10-13(5-7-14-8-6-13)9-15(10)11(16)17-4/h10,14H,5-9H2,1-4H3. The Kier molecular flexibility index (Phi) is 3.10. The van der Waals surface area contributed by atoms with Crippen molar-refractivity contribution >= 4 is 6.09 Å². The van der Waals surface area contributed by atoms with Crippen LogP contribution in [-0.2, 0) is 4.74 Å². The molecule has 4 heteroatoms. The molecule has 1 N–H and O–H groups in total. The Labute approximate surface area is 104 Å². The number of amides is 1. The monoisotopic (exact) mass is 240 g/mol. The molecule has 0 aliphatic carbocycles. The van der Waals surface area contributed by atoms with E-state index in [1.54, 1.807) is 0 Å². The smallest absolute Gasteiger partial charge is 0.409 e. The molecule has 17 heavy (non-hydrogen) atoms. The zero-order chi connectivity index (χ0) is 12.7. The molecule has 0 saturated carbocycles. The Morgan fingerprint density at radius 2 is 1.94 bits per heavy atom. The number of methoxy groups -OCH3 is 1. The highest BCUT2D eigenvalue weighted by atomic mass is 16.5. The molecule has 0 radical (unpaired) electrons. The molecule has 2 heterocycles. The molecule has 0 aromatic rings. The van der Waals surface area contributed by atoms with Gasteiger partial charge >= 0.3 is 6.09 Å². The van der Waals surface area contributed by atoms with Crippen LogP contribution >= 0.6 is 0 Å². The van der Waals surface area contributed by atoms with Gasteiger partial charge in [0.1, 0.15) is 0 Å². The maximum atomic E-state index is 11.8. The van der Waals surface area contributed by atoms with Crippen molar-refractivity contribution in [2.75, 3.05) is 26.7 Å². The van der Waals surface area contributed by atoms with Gasteiger partial charge in [0, 0.05) is 18.0 Å². The van der Waals surface area contributed by atoms with Crippen LogP contribution in [0.25, 0.3) is 0 Å². The Morgan fingerprint density at radius 1 is 1.35 bits per heavy atom. The number of piperidine rings is 1. The second-order valence-electron chi connectivity index (χ2n) is 6.48. The topological polar surface area (TPSA) is 41.6 Å². The van der Waals surface area contributed by atoms with E-state index in [1.807, 2.05) is 4.90 Å². The highest BCUT2D eigenvalue weighted by Crippen LogP contribution is 2.52. The van der Waals surface area contributed by atoms with Crippen molar-refractivity contribution in [1.29, 1.82) is 0 Å². The van der Waals surface area contributed by atoms with E-state index in [1.165, 1.54) is 20.0 Å². The molecule has 2 aliphatic heterocycles. The van der Waals surface area contributed by atoms with Gasteiger partial charge in [-0.05, 0) is 31.3 Å². The number of ether oxygens (including phenoxy) is 1. The van der Waals surface area contributed by atoms with Crippen LogP contribution in [0.1, 0.15) is 33.6 Å². The largest absolute Gasteiger partial charge is 0.453 e. The van der Waals surface area contributed by atoms with Crippen molar-refractivity contribution in [3.8, 4) is 0 Å². The Balaban J connectivity index is 2.18. The molecule has 98 valence electrons. The van der Waals surface area contributed by atoms with Crippen molar-refractivity contribution in [3.63, 3.8) is 0 Å². The summed E-state index contributed by atoms with van der Waals surface area (Å²) in [6.45, 7) is 9.66. The first kappa shape index (κ1) is 12.7. The second kappa shape index (κ2) is 4.16. The van der Waals surface area contributed by atoms with E-state index in [0.717, 1.165) is 19.6 Å². The number of hydrogen-bond donors (Lipinski definition) is 1. The summed E-state index contributed by atoms with van der Waals surface area (Å²) in [6, 6.07) is 0.310. The van der Waals surface area contributed by atoms with Crippen LogP contribution < -0.4 is 5.32 Å². The van der Waals surface area contributed by atoms with E-state index in [0.29, 0.717) is 11.5 Å². The first-order valence-corrected chi connectivity index (χ1v) is 6.46. The van der Waals surface area contributed by atoms with E-state index >= 15 is 0 Å². The number of carbonyl (C=O) groups is 1. The summed E-state index contributed by atoms with van der Waals surface area (Å²) in [4.78, 5) is 13.7. The van der Waals surface area contributed by atoms with Crippen LogP contribution in [0.5, 0.6) is 0 Å². The minimum absolute atomic E-state index is 0.115. The van der Waals surface area contributed by atoms with Gasteiger partial charge in [-0.1, -0.05) is 20.8 Å². The number of carbonyl (C=O) groups excluding carboxylic acids is 1. The number of likely N-dealkylation sites (tertiary alicyclic amines) is 1. The van der Waals surface area contributed by atoms with Gasteiger partial charge < -0.3 is 15.0 Å². The molecular formula is C13H24N2O2. The average molecular weight is 240 g/mol. The zero-order valence-corrected chi connectivity index (χ0v) is 11.4. The molecule has 2 rings (SSSR count). The Morgan fingerprint density at radius 3 is 2.41 bits per heavy atom. The predicted molar refractivity (Wildman–Crippen MR) is 66.9 cm³/mol. The van der Waals surface area contributed by atoms with Crippen LogP contribution in [0.15, 0.2) is 0 Å². The van der Waals surface area contributed by atoms with E-state index in [4.69, 9.17) is 4.74 Å². The van der Waals surface area contributed by atoms with Crippen LogP contribution in [0.4, 0.5) is 4.79 Å². The molecule has 1 spiro atoms. The minimum atomic E-state index is -0.172. The Hall–Kier alpha value is -0.770. The summed E-state index contributed by atoms with van der Waals surface area (Å²) < 4.78 is 4.88. The van der Waals surface area contributed by atoms with Gasteiger partial charge in [0.2, 0.25) is 0 Å². The molecule has 1 unspecified atom stereocenters. The zero-order valence-electron chi connectivity index (χ0n) is 11.4. The highest BCUT2D eigenvalue weighted by molar-refractivity contribution is 5.69.